The van der Waals surface area contributed by atoms with Gasteiger partial charge in [-0.05, 0) is 50.7 Å². The summed E-state index contributed by atoms with van der Waals surface area (Å²) in [5.41, 5.74) is 4.37. The number of halogens is 1. The second-order valence-electron chi connectivity index (χ2n) is 13.1. The fraction of sp³-hybridized carbons (Fsp3) is 0.562. The molecule has 0 saturated carbocycles. The molecule has 2 atom stereocenters. The molecule has 222 valence electrons. The van der Waals surface area contributed by atoms with Crippen LogP contribution >= 0.6 is 0 Å². The highest BCUT2D eigenvalue weighted by molar-refractivity contribution is 5.87. The van der Waals surface area contributed by atoms with Gasteiger partial charge in [0.05, 0.1) is 24.2 Å². The molecule has 1 aliphatic carbocycles. The Morgan fingerprint density at radius 2 is 2.00 bits per heavy atom. The lowest BCUT2D eigenvalue weighted by Crippen LogP contribution is -2.58. The summed E-state index contributed by atoms with van der Waals surface area (Å²) < 4.78 is 14.4. The van der Waals surface area contributed by atoms with E-state index in [-0.39, 0.29) is 35.6 Å². The van der Waals surface area contributed by atoms with Gasteiger partial charge in [-0.2, -0.15) is 10.2 Å². The maximum Gasteiger partial charge on any atom is 0.246 e. The number of hydrogen-bond donors (Lipinski definition) is 0. The lowest BCUT2D eigenvalue weighted by atomic mass is 9.87. The van der Waals surface area contributed by atoms with E-state index in [1.54, 1.807) is 17.0 Å². The van der Waals surface area contributed by atoms with Crippen LogP contribution in [0.25, 0.3) is 0 Å². The number of nitrogens with zero attached hydrogens (tertiary/aromatic N) is 8. The highest BCUT2D eigenvalue weighted by Gasteiger charge is 2.41. The first kappa shape index (κ1) is 28.4. The van der Waals surface area contributed by atoms with Gasteiger partial charge in [0, 0.05) is 74.4 Å². The van der Waals surface area contributed by atoms with Gasteiger partial charge in [-0.1, -0.05) is 26.5 Å². The number of amides is 1. The highest BCUT2D eigenvalue weighted by Crippen LogP contribution is 2.44. The maximum atomic E-state index is 14.4. The molecule has 1 aromatic heterocycles. The van der Waals surface area contributed by atoms with Crippen LogP contribution in [0.3, 0.4) is 0 Å². The largest absolute Gasteiger partial charge is 0.367 e. The van der Waals surface area contributed by atoms with Crippen LogP contribution in [-0.4, -0.2) is 97.2 Å². The van der Waals surface area contributed by atoms with Crippen LogP contribution in [0.2, 0.25) is 0 Å². The van der Waals surface area contributed by atoms with E-state index >= 15 is 0 Å². The Bertz CT molecular complexity index is 1430. The smallest absolute Gasteiger partial charge is 0.246 e. The van der Waals surface area contributed by atoms with Gasteiger partial charge in [0.25, 0.3) is 0 Å². The fourth-order valence-corrected chi connectivity index (χ4v) is 7.15. The lowest BCUT2D eigenvalue weighted by Gasteiger charge is -2.45. The zero-order valence-electron chi connectivity index (χ0n) is 25.2. The summed E-state index contributed by atoms with van der Waals surface area (Å²) in [7, 11) is 4.20. The van der Waals surface area contributed by atoms with Crippen molar-refractivity contribution in [2.75, 3.05) is 68.1 Å². The molecule has 0 bridgehead atoms. The molecule has 2 aromatic rings. The van der Waals surface area contributed by atoms with Crippen molar-refractivity contribution in [1.29, 1.82) is 5.26 Å². The first-order chi connectivity index (χ1) is 20.1. The summed E-state index contributed by atoms with van der Waals surface area (Å²) in [5.74, 6) is 1.35. The van der Waals surface area contributed by atoms with E-state index in [0.29, 0.717) is 25.7 Å². The molecule has 4 aliphatic rings. The predicted molar refractivity (Wildman–Crippen MR) is 162 cm³/mol. The SMILES string of the molecule is C=CC(=O)N1CCN(c2nc(N3CC(N(C)C)C3)nc3c2CCC(N2CC(C)(C)c4ccc(F)cc42)C3)CC1CC#N. The van der Waals surface area contributed by atoms with Crippen molar-refractivity contribution in [3.8, 4) is 6.07 Å². The van der Waals surface area contributed by atoms with E-state index in [2.05, 4.69) is 60.2 Å². The molecule has 4 heterocycles. The van der Waals surface area contributed by atoms with E-state index in [4.69, 9.17) is 9.97 Å². The second kappa shape index (κ2) is 10.8. The molecule has 1 amide bonds. The van der Waals surface area contributed by atoms with E-state index in [1.165, 1.54) is 11.6 Å². The number of hydrogen-bond acceptors (Lipinski definition) is 8. The third-order valence-electron chi connectivity index (χ3n) is 9.66. The Morgan fingerprint density at radius 3 is 2.71 bits per heavy atom. The standard InChI is InChI=1S/C32H41FN8O/c1-6-29(42)40-14-13-38(17-23(40)11-12-34)30-25-9-8-22(41-20-32(2,3)26-10-7-21(33)15-28(26)41)16-27(25)35-31(36-30)39-18-24(19-39)37(4)5/h6-7,10,15,22-24H,1,8-9,11,13-14,16-20H2,2-5H3. The molecule has 0 N–H and O–H groups in total. The van der Waals surface area contributed by atoms with Gasteiger partial charge >= 0.3 is 0 Å². The van der Waals surface area contributed by atoms with Crippen LogP contribution in [0.15, 0.2) is 30.9 Å². The van der Waals surface area contributed by atoms with Crippen LogP contribution in [0.1, 0.15) is 43.5 Å². The van der Waals surface area contributed by atoms with Gasteiger partial charge in [-0.15, -0.1) is 0 Å². The summed E-state index contributed by atoms with van der Waals surface area (Å²) in [6.07, 6.45) is 4.12. The number of likely N-dealkylation sites (N-methyl/N-ethyl adjacent to an activating group) is 1. The second-order valence-corrected chi connectivity index (χ2v) is 13.1. The van der Waals surface area contributed by atoms with E-state index in [0.717, 1.165) is 67.6 Å². The van der Waals surface area contributed by atoms with Crippen LogP contribution in [-0.2, 0) is 23.1 Å². The normalized spacial score (nSPS) is 23.4. The van der Waals surface area contributed by atoms with Crippen molar-refractivity contribution in [3.63, 3.8) is 0 Å². The van der Waals surface area contributed by atoms with Crippen LogP contribution in [0.4, 0.5) is 21.8 Å². The fourth-order valence-electron chi connectivity index (χ4n) is 7.15. The molecule has 0 radical (unpaired) electrons. The minimum Gasteiger partial charge on any atom is -0.367 e. The van der Waals surface area contributed by atoms with E-state index in [1.807, 2.05) is 6.07 Å². The average Bonchev–Trinajstić information content (AvgIpc) is 3.20. The van der Waals surface area contributed by atoms with Gasteiger partial charge in [0.15, 0.2) is 0 Å². The number of anilines is 3. The minimum atomic E-state index is -0.222. The van der Waals surface area contributed by atoms with Crippen molar-refractivity contribution in [2.45, 2.75) is 63.1 Å². The number of benzene rings is 1. The molecule has 2 saturated heterocycles. The van der Waals surface area contributed by atoms with Crippen molar-refractivity contribution < 1.29 is 9.18 Å². The zero-order chi connectivity index (χ0) is 29.8. The highest BCUT2D eigenvalue weighted by atomic mass is 19.1. The number of carbonyl (C=O) groups excluding carboxylic acids is 1. The Hall–Kier alpha value is -3.71. The number of nitriles is 1. The number of fused-ring (bicyclic) bond motifs is 2. The van der Waals surface area contributed by atoms with Crippen LogP contribution in [0.5, 0.6) is 0 Å². The Labute approximate surface area is 248 Å². The number of aromatic nitrogens is 2. The average molecular weight is 573 g/mol. The molecule has 1 aromatic carbocycles. The third kappa shape index (κ3) is 4.98. The molecule has 0 spiro atoms. The zero-order valence-corrected chi connectivity index (χ0v) is 25.2. The van der Waals surface area contributed by atoms with Gasteiger partial charge in [0.1, 0.15) is 11.6 Å². The molecule has 10 heteroatoms. The Kier molecular flexibility index (Phi) is 7.34. The predicted octanol–water partition coefficient (Wildman–Crippen LogP) is 3.14. The third-order valence-corrected chi connectivity index (χ3v) is 9.66. The molecule has 6 rings (SSSR count). The quantitative estimate of drug-likeness (QED) is 0.489. The summed E-state index contributed by atoms with van der Waals surface area (Å²) >= 11 is 0. The van der Waals surface area contributed by atoms with E-state index < -0.39 is 0 Å². The molecule has 3 aliphatic heterocycles. The molecule has 2 unspecified atom stereocenters. The first-order valence-electron chi connectivity index (χ1n) is 15.0. The molecule has 9 nitrogen and oxygen atoms in total. The van der Waals surface area contributed by atoms with Crippen LogP contribution < -0.4 is 14.7 Å². The molecular weight excluding hydrogens is 531 g/mol. The van der Waals surface area contributed by atoms with Gasteiger partial charge < -0.3 is 24.5 Å². The van der Waals surface area contributed by atoms with Gasteiger partial charge in [-0.25, -0.2) is 9.37 Å². The first-order valence-corrected chi connectivity index (χ1v) is 15.0. The maximum absolute atomic E-state index is 14.4. The van der Waals surface area contributed by atoms with E-state index in [9.17, 15) is 14.4 Å². The summed E-state index contributed by atoms with van der Waals surface area (Å²) in [6, 6.07) is 7.93. The number of piperazine rings is 1. The summed E-state index contributed by atoms with van der Waals surface area (Å²) in [4.78, 5) is 33.8. The summed E-state index contributed by atoms with van der Waals surface area (Å²) in [6.45, 7) is 12.4. The number of rotatable bonds is 6. The van der Waals surface area contributed by atoms with Crippen molar-refractivity contribution in [3.05, 3.63) is 53.5 Å². The van der Waals surface area contributed by atoms with Crippen molar-refractivity contribution >= 4 is 23.4 Å². The summed E-state index contributed by atoms with van der Waals surface area (Å²) in [5, 5.41) is 9.53. The number of carbonyl (C=O) groups is 1. The topological polar surface area (TPSA) is 82.8 Å². The Morgan fingerprint density at radius 1 is 1.21 bits per heavy atom. The molecule has 42 heavy (non-hydrogen) atoms. The molecule has 2 fully saturated rings. The van der Waals surface area contributed by atoms with Crippen LogP contribution in [0, 0.1) is 17.1 Å². The molecular formula is C32H41FN8O. The van der Waals surface area contributed by atoms with Gasteiger partial charge in [0.2, 0.25) is 11.9 Å². The van der Waals surface area contributed by atoms with Crippen molar-refractivity contribution in [2.24, 2.45) is 0 Å². The Balaban J connectivity index is 1.33. The monoisotopic (exact) mass is 572 g/mol. The lowest BCUT2D eigenvalue weighted by molar-refractivity contribution is -0.128. The van der Waals surface area contributed by atoms with Gasteiger partial charge in [-0.3, -0.25) is 4.79 Å². The van der Waals surface area contributed by atoms with Crippen molar-refractivity contribution in [1.82, 2.24) is 19.8 Å². The minimum absolute atomic E-state index is 0.0531.